The highest BCUT2D eigenvalue weighted by Gasteiger charge is 2.36. The zero-order chi connectivity index (χ0) is 17.3. The highest BCUT2D eigenvalue weighted by Crippen LogP contribution is 2.42. The Morgan fingerprint density at radius 2 is 1.92 bits per heavy atom. The number of fused-ring (bicyclic) bond motifs is 1. The van der Waals surface area contributed by atoms with Gasteiger partial charge in [-0.2, -0.15) is 0 Å². The number of cyclic esters (lactones) is 1. The summed E-state index contributed by atoms with van der Waals surface area (Å²) in [6, 6.07) is 9.44. The maximum atomic E-state index is 12.2. The van der Waals surface area contributed by atoms with Gasteiger partial charge in [0.15, 0.2) is 11.5 Å². The predicted octanol–water partition coefficient (Wildman–Crippen LogP) is 2.89. The third-order valence-electron chi connectivity index (χ3n) is 3.68. The fourth-order valence-electron chi connectivity index (χ4n) is 2.60. The van der Waals surface area contributed by atoms with Crippen LogP contribution in [-0.2, 0) is 4.74 Å². The van der Waals surface area contributed by atoms with Crippen LogP contribution < -0.4 is 14.8 Å². The van der Waals surface area contributed by atoms with Crippen molar-refractivity contribution < 1.29 is 23.9 Å². The Kier molecular flexibility index (Phi) is 3.95. The van der Waals surface area contributed by atoms with Crippen molar-refractivity contribution in [1.82, 2.24) is 0 Å². The van der Waals surface area contributed by atoms with Crippen molar-refractivity contribution >= 4 is 17.3 Å². The van der Waals surface area contributed by atoms with Gasteiger partial charge in [-0.05, 0) is 18.2 Å². The average Bonchev–Trinajstić information content (AvgIpc) is 2.90. The molecule has 2 aromatic carbocycles. The first-order valence-corrected chi connectivity index (χ1v) is 7.02. The second kappa shape index (κ2) is 6.07. The Balaban J connectivity index is 2.01. The van der Waals surface area contributed by atoms with E-state index >= 15 is 0 Å². The number of anilines is 1. The summed E-state index contributed by atoms with van der Waals surface area (Å²) < 4.78 is 15.7. The quantitative estimate of drug-likeness (QED) is 0.511. The molecule has 0 radical (unpaired) electrons. The number of benzene rings is 2. The molecule has 8 nitrogen and oxygen atoms in total. The highest BCUT2D eigenvalue weighted by atomic mass is 16.6. The molecule has 24 heavy (non-hydrogen) atoms. The van der Waals surface area contributed by atoms with Gasteiger partial charge in [-0.3, -0.25) is 10.1 Å². The number of nitro groups is 1. The molecule has 1 heterocycles. The first kappa shape index (κ1) is 15.6. The van der Waals surface area contributed by atoms with E-state index in [4.69, 9.17) is 14.2 Å². The second-order valence-corrected chi connectivity index (χ2v) is 4.97. The Labute approximate surface area is 137 Å². The smallest absolute Gasteiger partial charge is 0.344 e. The molecule has 0 spiro atoms. The summed E-state index contributed by atoms with van der Waals surface area (Å²) in [5.41, 5.74) is 0.911. The van der Waals surface area contributed by atoms with E-state index in [1.807, 2.05) is 0 Å². The summed E-state index contributed by atoms with van der Waals surface area (Å²) in [6.07, 6.45) is -0.853. The molecule has 0 aromatic heterocycles. The van der Waals surface area contributed by atoms with Crippen LogP contribution in [0.2, 0.25) is 0 Å². The number of nitrogens with one attached hydrogen (secondary N) is 1. The fraction of sp³-hybridized carbons (Fsp3) is 0.188. The van der Waals surface area contributed by atoms with Crippen LogP contribution in [0, 0.1) is 10.1 Å². The summed E-state index contributed by atoms with van der Waals surface area (Å²) in [5, 5.41) is 14.0. The molecule has 124 valence electrons. The van der Waals surface area contributed by atoms with E-state index in [9.17, 15) is 14.9 Å². The van der Waals surface area contributed by atoms with E-state index in [1.54, 1.807) is 30.3 Å². The van der Waals surface area contributed by atoms with Crippen LogP contribution in [0.15, 0.2) is 36.4 Å². The third-order valence-corrected chi connectivity index (χ3v) is 3.68. The molecule has 1 unspecified atom stereocenters. The maximum Gasteiger partial charge on any atom is 0.344 e. The van der Waals surface area contributed by atoms with Crippen molar-refractivity contribution in [2.24, 2.45) is 0 Å². The van der Waals surface area contributed by atoms with Gasteiger partial charge in [-0.1, -0.05) is 12.1 Å². The van der Waals surface area contributed by atoms with Crippen molar-refractivity contribution in [2.75, 3.05) is 19.5 Å². The molecule has 1 aliphatic heterocycles. The van der Waals surface area contributed by atoms with Gasteiger partial charge >= 0.3 is 5.97 Å². The minimum atomic E-state index is -0.853. The molecule has 0 amide bonds. The number of esters is 1. The van der Waals surface area contributed by atoms with E-state index in [-0.39, 0.29) is 22.7 Å². The molecule has 1 atom stereocenters. The summed E-state index contributed by atoms with van der Waals surface area (Å²) in [7, 11) is 2.89. The van der Waals surface area contributed by atoms with Gasteiger partial charge in [-0.15, -0.1) is 0 Å². The fourth-order valence-corrected chi connectivity index (χ4v) is 2.60. The molecule has 1 aliphatic rings. The number of nitrogens with zero attached hydrogens (tertiary/aromatic N) is 1. The van der Waals surface area contributed by atoms with Crippen LogP contribution in [0.3, 0.4) is 0 Å². The van der Waals surface area contributed by atoms with Crippen LogP contribution in [-0.4, -0.2) is 25.1 Å². The van der Waals surface area contributed by atoms with Gasteiger partial charge in [-0.25, -0.2) is 4.79 Å². The summed E-state index contributed by atoms with van der Waals surface area (Å²) in [5.74, 6) is 0.0863. The first-order valence-electron chi connectivity index (χ1n) is 7.02. The van der Waals surface area contributed by atoms with Gasteiger partial charge in [0.2, 0.25) is 6.23 Å². The number of methoxy groups -OCH3 is 2. The lowest BCUT2D eigenvalue weighted by Crippen LogP contribution is -2.11. The topological polar surface area (TPSA) is 99.9 Å². The van der Waals surface area contributed by atoms with Gasteiger partial charge < -0.3 is 19.5 Å². The zero-order valence-corrected chi connectivity index (χ0v) is 12.9. The van der Waals surface area contributed by atoms with Crippen LogP contribution in [0.5, 0.6) is 11.5 Å². The number of para-hydroxylation sites is 2. The minimum Gasteiger partial charge on any atom is -0.493 e. The van der Waals surface area contributed by atoms with Crippen molar-refractivity contribution in [3.8, 4) is 11.5 Å². The Hall–Kier alpha value is -3.29. The summed E-state index contributed by atoms with van der Waals surface area (Å²) >= 11 is 0. The van der Waals surface area contributed by atoms with Gasteiger partial charge in [0.05, 0.1) is 19.1 Å². The van der Waals surface area contributed by atoms with Gasteiger partial charge in [0, 0.05) is 11.6 Å². The van der Waals surface area contributed by atoms with E-state index in [0.29, 0.717) is 11.3 Å². The van der Waals surface area contributed by atoms with Crippen molar-refractivity contribution in [1.29, 1.82) is 0 Å². The number of nitro benzene ring substituents is 1. The lowest BCUT2D eigenvalue weighted by atomic mass is 10.1. The molecule has 1 N–H and O–H groups in total. The molecule has 0 fully saturated rings. The van der Waals surface area contributed by atoms with Crippen LogP contribution in [0.1, 0.15) is 22.1 Å². The third kappa shape index (κ3) is 2.47. The molecule has 3 rings (SSSR count). The van der Waals surface area contributed by atoms with Gasteiger partial charge in [0.25, 0.3) is 5.69 Å². The number of ether oxygens (including phenoxy) is 3. The first-order chi connectivity index (χ1) is 11.6. The van der Waals surface area contributed by atoms with E-state index in [2.05, 4.69) is 5.32 Å². The lowest BCUT2D eigenvalue weighted by molar-refractivity contribution is -0.384. The molecule has 0 saturated carbocycles. The normalized spacial score (nSPS) is 15.4. The average molecular weight is 330 g/mol. The molecule has 0 saturated heterocycles. The van der Waals surface area contributed by atoms with Crippen LogP contribution >= 0.6 is 0 Å². The standard InChI is InChI=1S/C16H14N2O6/c1-22-12-8-7-9-13(14(12)23-2)16(19)24-15(9)17-10-5-3-4-6-11(10)18(20)21/h3-8,15,17H,1-2H3. The number of carbonyl (C=O) groups is 1. The maximum absolute atomic E-state index is 12.2. The van der Waals surface area contributed by atoms with Crippen molar-refractivity contribution in [3.05, 3.63) is 57.6 Å². The Bertz CT molecular complexity index is 820. The minimum absolute atomic E-state index is 0.109. The molecule has 8 heteroatoms. The largest absolute Gasteiger partial charge is 0.493 e. The van der Waals surface area contributed by atoms with Crippen LogP contribution in [0.25, 0.3) is 0 Å². The monoisotopic (exact) mass is 330 g/mol. The van der Waals surface area contributed by atoms with E-state index in [0.717, 1.165) is 0 Å². The predicted molar refractivity (Wildman–Crippen MR) is 84.4 cm³/mol. The van der Waals surface area contributed by atoms with Gasteiger partial charge in [0.1, 0.15) is 11.3 Å². The lowest BCUT2D eigenvalue weighted by Gasteiger charge is -2.15. The Morgan fingerprint density at radius 3 is 2.58 bits per heavy atom. The molecule has 0 aliphatic carbocycles. The zero-order valence-electron chi connectivity index (χ0n) is 12.9. The number of carbonyl (C=O) groups excluding carboxylic acids is 1. The van der Waals surface area contributed by atoms with Crippen LogP contribution in [0.4, 0.5) is 11.4 Å². The molecular weight excluding hydrogens is 316 g/mol. The number of rotatable bonds is 5. The Morgan fingerprint density at radius 1 is 1.17 bits per heavy atom. The number of hydrogen-bond acceptors (Lipinski definition) is 7. The summed E-state index contributed by atoms with van der Waals surface area (Å²) in [6.45, 7) is 0. The van der Waals surface area contributed by atoms with E-state index < -0.39 is 17.1 Å². The highest BCUT2D eigenvalue weighted by molar-refractivity contribution is 5.98. The second-order valence-electron chi connectivity index (χ2n) is 4.97. The van der Waals surface area contributed by atoms with Crippen molar-refractivity contribution in [3.63, 3.8) is 0 Å². The van der Waals surface area contributed by atoms with Crippen molar-refractivity contribution in [2.45, 2.75) is 6.23 Å². The molecule has 0 bridgehead atoms. The SMILES string of the molecule is COc1ccc2c(c1OC)C(=O)OC2Nc1ccccc1[N+](=O)[O-]. The van der Waals surface area contributed by atoms with E-state index in [1.165, 1.54) is 20.3 Å². The molecule has 2 aromatic rings. The summed E-state index contributed by atoms with van der Waals surface area (Å²) in [4.78, 5) is 22.8. The molecular formula is C16H14N2O6. The number of hydrogen-bond donors (Lipinski definition) is 1.